The Morgan fingerprint density at radius 2 is 2.27 bits per heavy atom. The predicted octanol–water partition coefficient (Wildman–Crippen LogP) is 1.47. The van der Waals surface area contributed by atoms with Crippen LogP contribution in [0.1, 0.15) is 31.0 Å². The van der Waals surface area contributed by atoms with Crippen LogP contribution in [0.3, 0.4) is 0 Å². The standard InChI is InChI=1S/C15H18N4O3/c1-5-19-8(2)11(7-18-19)13-10(6-16)14(17)22-9(3)12(13)15(20)21-4/h7,13H,5,17H2,1-4H3/t13-/m1/s1. The zero-order chi connectivity index (χ0) is 16.4. The molecule has 1 aromatic rings. The Balaban J connectivity index is 2.68. The number of nitrogens with two attached hydrogens (primary N) is 1. The lowest BCUT2D eigenvalue weighted by molar-refractivity contribution is -0.136. The van der Waals surface area contributed by atoms with Crippen molar-refractivity contribution in [3.63, 3.8) is 0 Å². The molecule has 1 aliphatic heterocycles. The van der Waals surface area contributed by atoms with Gasteiger partial charge in [-0.3, -0.25) is 4.68 Å². The minimum absolute atomic E-state index is 0.00121. The molecular weight excluding hydrogens is 284 g/mol. The topological polar surface area (TPSA) is 103 Å². The van der Waals surface area contributed by atoms with Crippen LogP contribution < -0.4 is 5.73 Å². The van der Waals surface area contributed by atoms with Gasteiger partial charge in [0.25, 0.3) is 0 Å². The van der Waals surface area contributed by atoms with E-state index < -0.39 is 11.9 Å². The summed E-state index contributed by atoms with van der Waals surface area (Å²) < 4.78 is 12.0. The number of aryl methyl sites for hydroxylation is 1. The molecule has 0 unspecified atom stereocenters. The van der Waals surface area contributed by atoms with Gasteiger partial charge in [0.1, 0.15) is 17.4 Å². The first-order valence-corrected chi connectivity index (χ1v) is 6.85. The van der Waals surface area contributed by atoms with Crippen LogP contribution in [0.2, 0.25) is 0 Å². The van der Waals surface area contributed by atoms with Crippen LogP contribution in [0, 0.1) is 18.3 Å². The molecule has 2 rings (SSSR count). The number of carbonyl (C=O) groups is 1. The monoisotopic (exact) mass is 302 g/mol. The molecule has 1 aliphatic rings. The van der Waals surface area contributed by atoms with Gasteiger partial charge in [0.05, 0.1) is 24.8 Å². The molecule has 0 aromatic carbocycles. The molecule has 116 valence electrons. The molecule has 0 bridgehead atoms. The summed E-state index contributed by atoms with van der Waals surface area (Å²) in [6.45, 7) is 6.16. The van der Waals surface area contributed by atoms with Gasteiger partial charge in [-0.25, -0.2) is 4.79 Å². The highest BCUT2D eigenvalue weighted by Gasteiger charge is 2.37. The van der Waals surface area contributed by atoms with Crippen LogP contribution in [0.5, 0.6) is 0 Å². The van der Waals surface area contributed by atoms with Crippen molar-refractivity contribution in [2.75, 3.05) is 7.11 Å². The lowest BCUT2D eigenvalue weighted by Gasteiger charge is -2.26. The van der Waals surface area contributed by atoms with Gasteiger partial charge in [-0.15, -0.1) is 0 Å². The number of ether oxygens (including phenoxy) is 2. The van der Waals surface area contributed by atoms with Crippen LogP contribution in [0.15, 0.2) is 29.0 Å². The molecule has 0 spiro atoms. The van der Waals surface area contributed by atoms with E-state index in [0.717, 1.165) is 11.3 Å². The molecule has 0 radical (unpaired) electrons. The molecule has 1 atom stereocenters. The fourth-order valence-electron chi connectivity index (χ4n) is 2.63. The van der Waals surface area contributed by atoms with Gasteiger partial charge in [-0.2, -0.15) is 10.4 Å². The Kier molecular flexibility index (Phi) is 4.22. The van der Waals surface area contributed by atoms with Crippen molar-refractivity contribution in [3.05, 3.63) is 40.2 Å². The van der Waals surface area contributed by atoms with E-state index in [-0.39, 0.29) is 17.0 Å². The third kappa shape index (κ3) is 2.33. The summed E-state index contributed by atoms with van der Waals surface area (Å²) in [7, 11) is 1.29. The molecule has 0 amide bonds. The lowest BCUT2D eigenvalue weighted by Crippen LogP contribution is -2.25. The molecule has 22 heavy (non-hydrogen) atoms. The first-order valence-electron chi connectivity index (χ1n) is 6.85. The van der Waals surface area contributed by atoms with Crippen LogP contribution >= 0.6 is 0 Å². The van der Waals surface area contributed by atoms with Gasteiger partial charge in [0.2, 0.25) is 5.88 Å². The summed E-state index contributed by atoms with van der Waals surface area (Å²) in [5, 5.41) is 13.7. The number of aromatic nitrogens is 2. The molecule has 0 aliphatic carbocycles. The van der Waals surface area contributed by atoms with Gasteiger partial charge < -0.3 is 15.2 Å². The summed E-state index contributed by atoms with van der Waals surface area (Å²) in [6, 6.07) is 2.04. The van der Waals surface area contributed by atoms with Gasteiger partial charge >= 0.3 is 5.97 Å². The van der Waals surface area contributed by atoms with E-state index in [1.165, 1.54) is 7.11 Å². The maximum Gasteiger partial charge on any atom is 0.338 e. The smallest absolute Gasteiger partial charge is 0.338 e. The minimum Gasteiger partial charge on any atom is -0.466 e. The van der Waals surface area contributed by atoms with E-state index in [9.17, 15) is 10.1 Å². The second-order valence-electron chi connectivity index (χ2n) is 4.89. The van der Waals surface area contributed by atoms with Crippen molar-refractivity contribution in [1.82, 2.24) is 9.78 Å². The Labute approximate surface area is 128 Å². The summed E-state index contributed by atoms with van der Waals surface area (Å²) in [4.78, 5) is 12.2. The van der Waals surface area contributed by atoms with Crippen molar-refractivity contribution in [2.24, 2.45) is 5.73 Å². The molecule has 2 heterocycles. The molecule has 7 heteroatoms. The number of nitrogens with zero attached hydrogens (tertiary/aromatic N) is 3. The molecule has 7 nitrogen and oxygen atoms in total. The SMILES string of the molecule is CCn1ncc([C@H]2C(C#N)=C(N)OC(C)=C2C(=O)OC)c1C. The molecule has 2 N–H and O–H groups in total. The van der Waals surface area contributed by atoms with Crippen molar-refractivity contribution < 1.29 is 14.3 Å². The highest BCUT2D eigenvalue weighted by molar-refractivity contribution is 5.92. The lowest BCUT2D eigenvalue weighted by atomic mass is 9.83. The summed E-state index contributed by atoms with van der Waals surface area (Å²) in [5.41, 5.74) is 7.88. The highest BCUT2D eigenvalue weighted by atomic mass is 16.5. The van der Waals surface area contributed by atoms with Crippen molar-refractivity contribution in [2.45, 2.75) is 33.2 Å². The second-order valence-corrected chi connectivity index (χ2v) is 4.89. The quantitative estimate of drug-likeness (QED) is 0.848. The average molecular weight is 302 g/mol. The van der Waals surface area contributed by atoms with Crippen LogP contribution in [0.25, 0.3) is 0 Å². The Bertz CT molecular complexity index is 722. The Hall–Kier alpha value is -2.75. The fraction of sp³-hybridized carbons (Fsp3) is 0.400. The Morgan fingerprint density at radius 1 is 1.59 bits per heavy atom. The molecule has 0 saturated heterocycles. The van der Waals surface area contributed by atoms with Crippen LogP contribution in [-0.2, 0) is 20.8 Å². The number of methoxy groups -OCH3 is 1. The molecule has 0 fully saturated rings. The fourth-order valence-corrected chi connectivity index (χ4v) is 2.63. The second kappa shape index (κ2) is 5.93. The third-order valence-electron chi connectivity index (χ3n) is 3.76. The largest absolute Gasteiger partial charge is 0.466 e. The zero-order valence-corrected chi connectivity index (χ0v) is 13.0. The Morgan fingerprint density at radius 3 is 2.77 bits per heavy atom. The van der Waals surface area contributed by atoms with Crippen LogP contribution in [0.4, 0.5) is 0 Å². The van der Waals surface area contributed by atoms with E-state index in [2.05, 4.69) is 5.10 Å². The maximum absolute atomic E-state index is 12.2. The number of nitriles is 1. The van der Waals surface area contributed by atoms with Crippen molar-refractivity contribution in [3.8, 4) is 6.07 Å². The molecule has 0 saturated carbocycles. The minimum atomic E-state index is -0.633. The third-order valence-corrected chi connectivity index (χ3v) is 3.76. The molecule has 1 aromatic heterocycles. The van der Waals surface area contributed by atoms with E-state index in [0.29, 0.717) is 12.3 Å². The maximum atomic E-state index is 12.2. The first kappa shape index (κ1) is 15.6. The van der Waals surface area contributed by atoms with E-state index in [4.69, 9.17) is 15.2 Å². The van der Waals surface area contributed by atoms with Crippen LogP contribution in [-0.4, -0.2) is 22.9 Å². The van der Waals surface area contributed by atoms with E-state index in [1.807, 2.05) is 19.9 Å². The van der Waals surface area contributed by atoms with Crippen molar-refractivity contribution in [1.29, 1.82) is 5.26 Å². The van der Waals surface area contributed by atoms with E-state index in [1.54, 1.807) is 17.8 Å². The predicted molar refractivity (Wildman–Crippen MR) is 78.0 cm³/mol. The normalized spacial score (nSPS) is 18.0. The van der Waals surface area contributed by atoms with E-state index >= 15 is 0 Å². The summed E-state index contributed by atoms with van der Waals surface area (Å²) in [5.74, 6) is -0.851. The van der Waals surface area contributed by atoms with Gasteiger partial charge in [-0.05, 0) is 20.8 Å². The van der Waals surface area contributed by atoms with Gasteiger partial charge in [-0.1, -0.05) is 0 Å². The number of rotatable bonds is 3. The molecular formula is C15H18N4O3. The first-order chi connectivity index (χ1) is 10.5. The number of esters is 1. The number of hydrogen-bond acceptors (Lipinski definition) is 6. The number of hydrogen-bond donors (Lipinski definition) is 1. The van der Waals surface area contributed by atoms with Crippen molar-refractivity contribution >= 4 is 5.97 Å². The summed E-state index contributed by atoms with van der Waals surface area (Å²) >= 11 is 0. The zero-order valence-electron chi connectivity index (χ0n) is 13.0. The average Bonchev–Trinajstić information content (AvgIpc) is 2.86. The highest BCUT2D eigenvalue weighted by Crippen LogP contribution is 2.40. The number of allylic oxidation sites excluding steroid dienone is 2. The number of carbonyl (C=O) groups excluding carboxylic acids is 1. The van der Waals surface area contributed by atoms with Gasteiger partial charge in [0.15, 0.2) is 0 Å². The van der Waals surface area contributed by atoms with Gasteiger partial charge in [0, 0.05) is 17.8 Å². The summed E-state index contributed by atoms with van der Waals surface area (Å²) in [6.07, 6.45) is 1.65.